The Morgan fingerprint density at radius 3 is 2.78 bits per heavy atom. The van der Waals surface area contributed by atoms with Crippen molar-refractivity contribution in [2.45, 2.75) is 10.1 Å². The molecule has 0 aliphatic carbocycles. The van der Waals surface area contributed by atoms with Gasteiger partial charge in [0, 0.05) is 23.5 Å². The first-order valence-corrected chi connectivity index (χ1v) is 7.33. The largest absolute Gasteiger partial charge is 0.359 e. The van der Waals surface area contributed by atoms with Crippen molar-refractivity contribution in [3.8, 4) is 6.07 Å². The van der Waals surface area contributed by atoms with Gasteiger partial charge in [0.2, 0.25) is 5.82 Å². The van der Waals surface area contributed by atoms with Gasteiger partial charge in [0.25, 0.3) is 0 Å². The van der Waals surface area contributed by atoms with Crippen LogP contribution in [0.5, 0.6) is 0 Å². The lowest BCUT2D eigenvalue weighted by Gasteiger charge is -2.07. The van der Waals surface area contributed by atoms with Crippen LogP contribution in [0.2, 0.25) is 0 Å². The molecule has 3 aromatic rings. The maximum atomic E-state index is 9.18. The van der Waals surface area contributed by atoms with Crippen molar-refractivity contribution in [3.63, 3.8) is 0 Å². The van der Waals surface area contributed by atoms with Crippen LogP contribution in [0.25, 0.3) is 5.57 Å². The molecule has 2 N–H and O–H groups in total. The van der Waals surface area contributed by atoms with Crippen molar-refractivity contribution in [1.29, 1.82) is 5.26 Å². The van der Waals surface area contributed by atoms with E-state index in [9.17, 15) is 5.26 Å². The molecular formula is C14H10N8S. The maximum Gasteiger partial charge on any atom is 0.216 e. The first kappa shape index (κ1) is 14.7. The Balaban J connectivity index is 1.82. The van der Waals surface area contributed by atoms with Crippen molar-refractivity contribution < 1.29 is 0 Å². The monoisotopic (exact) mass is 322 g/mol. The minimum absolute atomic E-state index is 0.233. The third-order valence-corrected chi connectivity index (χ3v) is 3.68. The van der Waals surface area contributed by atoms with E-state index in [0.717, 1.165) is 10.6 Å². The summed E-state index contributed by atoms with van der Waals surface area (Å²) in [5, 5.41) is 26.2. The molecule has 0 saturated heterocycles. The average Bonchev–Trinajstić information content (AvgIpc) is 3.12. The first-order valence-electron chi connectivity index (χ1n) is 6.51. The number of aromatic nitrogens is 6. The zero-order valence-corrected chi connectivity index (χ0v) is 12.5. The van der Waals surface area contributed by atoms with Gasteiger partial charge in [0.1, 0.15) is 11.6 Å². The van der Waals surface area contributed by atoms with E-state index in [4.69, 9.17) is 0 Å². The van der Waals surface area contributed by atoms with Gasteiger partial charge in [-0.25, -0.2) is 9.97 Å². The molecule has 0 radical (unpaired) electrons. The number of hydrogen-bond donors (Lipinski definition) is 2. The van der Waals surface area contributed by atoms with Gasteiger partial charge in [-0.1, -0.05) is 12.1 Å². The van der Waals surface area contributed by atoms with Crippen LogP contribution in [-0.2, 0) is 0 Å². The number of tetrazole rings is 1. The van der Waals surface area contributed by atoms with Gasteiger partial charge in [0.15, 0.2) is 5.16 Å². The molecule has 0 atom stereocenters. The highest BCUT2D eigenvalue weighted by molar-refractivity contribution is 7.99. The second-order valence-corrected chi connectivity index (χ2v) is 5.19. The van der Waals surface area contributed by atoms with Gasteiger partial charge in [-0.15, -0.1) is 10.2 Å². The van der Waals surface area contributed by atoms with Crippen molar-refractivity contribution in [2.24, 2.45) is 0 Å². The first-order chi connectivity index (χ1) is 11.4. The molecule has 0 fully saturated rings. The average molecular weight is 322 g/mol. The minimum Gasteiger partial charge on any atom is -0.359 e. The second kappa shape index (κ2) is 7.15. The van der Waals surface area contributed by atoms with Crippen LogP contribution in [0.4, 0.5) is 5.69 Å². The van der Waals surface area contributed by atoms with Crippen molar-refractivity contribution in [1.82, 2.24) is 30.6 Å². The predicted octanol–water partition coefficient (Wildman–Crippen LogP) is 2.12. The Bertz CT molecular complexity index is 839. The Morgan fingerprint density at radius 1 is 1.22 bits per heavy atom. The van der Waals surface area contributed by atoms with Crippen LogP contribution in [0.1, 0.15) is 5.82 Å². The molecule has 0 aliphatic rings. The molecule has 0 amide bonds. The van der Waals surface area contributed by atoms with Gasteiger partial charge in [-0.05, 0) is 35.2 Å². The lowest BCUT2D eigenvalue weighted by atomic mass is 10.3. The standard InChI is InChI=1S/C14H10N8S/c15-8-10(13-19-21-22-20-13)9-18-11-4-1-2-5-12(11)23-14-16-6-3-7-17-14/h1-7,9,18H,(H,19,20,21,22). The highest BCUT2D eigenvalue weighted by Crippen LogP contribution is 2.31. The third-order valence-electron chi connectivity index (χ3n) is 2.71. The lowest BCUT2D eigenvalue weighted by Crippen LogP contribution is -1.95. The van der Waals surface area contributed by atoms with Crippen molar-refractivity contribution in [2.75, 3.05) is 5.32 Å². The smallest absolute Gasteiger partial charge is 0.216 e. The topological polar surface area (TPSA) is 116 Å². The summed E-state index contributed by atoms with van der Waals surface area (Å²) in [6.45, 7) is 0. The summed E-state index contributed by atoms with van der Waals surface area (Å²) >= 11 is 1.42. The zero-order chi connectivity index (χ0) is 15.9. The van der Waals surface area contributed by atoms with E-state index in [1.165, 1.54) is 18.0 Å². The SMILES string of the molecule is N#CC(=CNc1ccccc1Sc1ncccn1)c1nn[nH]n1. The number of para-hydroxylation sites is 1. The molecule has 8 nitrogen and oxygen atoms in total. The fourth-order valence-electron chi connectivity index (χ4n) is 1.68. The molecular weight excluding hydrogens is 312 g/mol. The van der Waals surface area contributed by atoms with Crippen LogP contribution in [0.15, 0.2) is 59.0 Å². The summed E-state index contributed by atoms with van der Waals surface area (Å²) < 4.78 is 0. The zero-order valence-electron chi connectivity index (χ0n) is 11.7. The molecule has 1 aromatic carbocycles. The number of anilines is 1. The third kappa shape index (κ3) is 3.69. The summed E-state index contributed by atoms with van der Waals surface area (Å²) in [5.74, 6) is 0.233. The molecule has 9 heteroatoms. The Hall–Kier alpha value is -3.25. The molecule has 112 valence electrons. The number of benzene rings is 1. The number of aromatic amines is 1. The number of hydrogen-bond acceptors (Lipinski definition) is 8. The lowest BCUT2D eigenvalue weighted by molar-refractivity contribution is 0.881. The van der Waals surface area contributed by atoms with E-state index in [-0.39, 0.29) is 11.4 Å². The predicted molar refractivity (Wildman–Crippen MR) is 84.0 cm³/mol. The Morgan fingerprint density at radius 2 is 2.04 bits per heavy atom. The van der Waals surface area contributed by atoms with Crippen molar-refractivity contribution in [3.05, 3.63) is 54.7 Å². The maximum absolute atomic E-state index is 9.18. The number of nitriles is 1. The van der Waals surface area contributed by atoms with Crippen LogP contribution in [0, 0.1) is 11.3 Å². The quantitative estimate of drug-likeness (QED) is 0.542. The molecule has 2 heterocycles. The molecule has 0 aliphatic heterocycles. The Labute approximate surface area is 135 Å². The molecule has 3 rings (SSSR count). The van der Waals surface area contributed by atoms with Crippen molar-refractivity contribution >= 4 is 23.0 Å². The Kier molecular flexibility index (Phi) is 4.56. The number of rotatable bonds is 5. The summed E-state index contributed by atoms with van der Waals surface area (Å²) in [6.07, 6.45) is 4.92. The van der Waals surface area contributed by atoms with E-state index in [2.05, 4.69) is 35.9 Å². The number of nitrogens with zero attached hydrogens (tertiary/aromatic N) is 6. The molecule has 0 saturated carbocycles. The normalized spacial score (nSPS) is 11.0. The fourth-order valence-corrected chi connectivity index (χ4v) is 2.49. The molecule has 2 aromatic heterocycles. The van der Waals surface area contributed by atoms with Crippen LogP contribution in [-0.4, -0.2) is 30.6 Å². The number of nitrogens with one attached hydrogen (secondary N) is 2. The van der Waals surface area contributed by atoms with Gasteiger partial charge < -0.3 is 5.32 Å². The molecule has 23 heavy (non-hydrogen) atoms. The van der Waals surface area contributed by atoms with E-state index in [1.54, 1.807) is 18.5 Å². The highest BCUT2D eigenvalue weighted by atomic mass is 32.2. The summed E-state index contributed by atoms with van der Waals surface area (Å²) in [4.78, 5) is 9.31. The number of H-pyrrole nitrogens is 1. The summed E-state index contributed by atoms with van der Waals surface area (Å²) in [6, 6.07) is 11.4. The van der Waals surface area contributed by atoms with Gasteiger partial charge in [0.05, 0.1) is 5.69 Å². The van der Waals surface area contributed by atoms with E-state index >= 15 is 0 Å². The molecule has 0 bridgehead atoms. The van der Waals surface area contributed by atoms with Gasteiger partial charge >= 0.3 is 0 Å². The van der Waals surface area contributed by atoms with E-state index in [0.29, 0.717) is 5.16 Å². The second-order valence-electron chi connectivity index (χ2n) is 4.18. The molecule has 0 spiro atoms. The van der Waals surface area contributed by atoms with Crippen LogP contribution in [0.3, 0.4) is 0 Å². The summed E-state index contributed by atoms with van der Waals surface area (Å²) in [7, 11) is 0. The van der Waals surface area contributed by atoms with Gasteiger partial charge in [-0.2, -0.15) is 10.5 Å². The van der Waals surface area contributed by atoms with E-state index < -0.39 is 0 Å². The fraction of sp³-hybridized carbons (Fsp3) is 0. The van der Waals surface area contributed by atoms with Gasteiger partial charge in [-0.3, -0.25) is 0 Å². The molecule has 0 unspecified atom stereocenters. The highest BCUT2D eigenvalue weighted by Gasteiger charge is 2.08. The minimum atomic E-state index is 0.233. The summed E-state index contributed by atoms with van der Waals surface area (Å²) in [5.41, 5.74) is 1.09. The van der Waals surface area contributed by atoms with Crippen LogP contribution < -0.4 is 5.32 Å². The van der Waals surface area contributed by atoms with Crippen LogP contribution >= 0.6 is 11.8 Å². The van der Waals surface area contributed by atoms with E-state index in [1.807, 2.05) is 30.3 Å². The number of allylic oxidation sites excluding steroid dienone is 1.